The van der Waals surface area contributed by atoms with Gasteiger partial charge in [-0.3, -0.25) is 0 Å². The smallest absolute Gasteiger partial charge is 0.156 e. The van der Waals surface area contributed by atoms with Gasteiger partial charge in [-0.05, 0) is 29.8 Å². The molecule has 1 aromatic carbocycles. The highest BCUT2D eigenvalue weighted by Crippen LogP contribution is 2.18. The van der Waals surface area contributed by atoms with Crippen molar-refractivity contribution in [1.82, 2.24) is 0 Å². The third-order valence-electron chi connectivity index (χ3n) is 2.36. The molecule has 0 saturated carbocycles. The van der Waals surface area contributed by atoms with Crippen LogP contribution in [-0.4, -0.2) is 30.6 Å². The molecule has 4 nitrogen and oxygen atoms in total. The largest absolute Gasteiger partial charge is 0.497 e. The van der Waals surface area contributed by atoms with Crippen molar-refractivity contribution in [2.75, 3.05) is 13.7 Å². The maximum atomic E-state index is 8.89. The first-order chi connectivity index (χ1) is 7.33. The Hall–Kier alpha value is -1.55. The van der Waals surface area contributed by atoms with Gasteiger partial charge in [0, 0.05) is 6.42 Å². The summed E-state index contributed by atoms with van der Waals surface area (Å²) in [5, 5.41) is 12.8. The highest BCUT2D eigenvalue weighted by molar-refractivity contribution is 6.01. The Balaban J connectivity index is 2.10. The Kier molecular flexibility index (Phi) is 2.87. The molecule has 1 heterocycles. The van der Waals surface area contributed by atoms with Crippen molar-refractivity contribution in [3.05, 3.63) is 29.8 Å². The molecule has 15 heavy (non-hydrogen) atoms. The van der Waals surface area contributed by atoms with E-state index in [4.69, 9.17) is 14.7 Å². The van der Waals surface area contributed by atoms with Gasteiger partial charge in [-0.1, -0.05) is 5.16 Å². The lowest BCUT2D eigenvalue weighted by Crippen LogP contribution is -2.12. The third kappa shape index (κ3) is 2.10. The Morgan fingerprint density at radius 2 is 2.20 bits per heavy atom. The highest BCUT2D eigenvalue weighted by Gasteiger charge is 2.20. The Labute approximate surface area is 88.1 Å². The summed E-state index contributed by atoms with van der Waals surface area (Å²) >= 11 is 0. The second-order valence-electron chi connectivity index (χ2n) is 3.38. The summed E-state index contributed by atoms with van der Waals surface area (Å²) in [4.78, 5) is 5.03. The second-order valence-corrected chi connectivity index (χ2v) is 3.38. The molecule has 0 aromatic heterocycles. The number of ether oxygens (including phenoxy) is 1. The van der Waals surface area contributed by atoms with E-state index in [9.17, 15) is 0 Å². The molecule has 0 saturated heterocycles. The fraction of sp³-hybridized carbons (Fsp3) is 0.364. The Morgan fingerprint density at radius 3 is 2.73 bits per heavy atom. The Bertz CT molecular complexity index is 359. The van der Waals surface area contributed by atoms with Gasteiger partial charge in [-0.25, -0.2) is 0 Å². The fourth-order valence-corrected chi connectivity index (χ4v) is 1.48. The maximum absolute atomic E-state index is 8.89. The first-order valence-electron chi connectivity index (χ1n) is 4.81. The van der Waals surface area contributed by atoms with Gasteiger partial charge < -0.3 is 14.7 Å². The molecule has 1 N–H and O–H groups in total. The molecule has 0 radical (unpaired) electrons. The van der Waals surface area contributed by atoms with Gasteiger partial charge in [0.25, 0.3) is 0 Å². The van der Waals surface area contributed by atoms with E-state index < -0.39 is 0 Å². The molecule has 0 fully saturated rings. The van der Waals surface area contributed by atoms with Crippen LogP contribution in [0.4, 0.5) is 0 Å². The maximum Gasteiger partial charge on any atom is 0.156 e. The SMILES string of the molecule is COc1ccc(C2=NO[C@H](CO)C2)cc1. The van der Waals surface area contributed by atoms with Crippen LogP contribution in [-0.2, 0) is 4.84 Å². The van der Waals surface area contributed by atoms with Crippen LogP contribution in [0.5, 0.6) is 5.75 Å². The molecule has 80 valence electrons. The minimum atomic E-state index is -0.192. The summed E-state index contributed by atoms with van der Waals surface area (Å²) in [7, 11) is 1.63. The highest BCUT2D eigenvalue weighted by atomic mass is 16.6. The molecule has 4 heteroatoms. The first-order valence-corrected chi connectivity index (χ1v) is 4.81. The van der Waals surface area contributed by atoms with E-state index >= 15 is 0 Å². The predicted molar refractivity (Wildman–Crippen MR) is 56.1 cm³/mol. The summed E-state index contributed by atoms with van der Waals surface area (Å²) < 4.78 is 5.06. The van der Waals surface area contributed by atoms with Gasteiger partial charge in [-0.15, -0.1) is 0 Å². The van der Waals surface area contributed by atoms with Gasteiger partial charge in [0.2, 0.25) is 0 Å². The molecule has 0 amide bonds. The molecule has 0 unspecified atom stereocenters. The lowest BCUT2D eigenvalue weighted by Gasteiger charge is -2.02. The van der Waals surface area contributed by atoms with E-state index in [0.717, 1.165) is 17.0 Å². The number of rotatable bonds is 3. The van der Waals surface area contributed by atoms with Gasteiger partial charge in [0.1, 0.15) is 5.75 Å². The van der Waals surface area contributed by atoms with Crippen molar-refractivity contribution in [1.29, 1.82) is 0 Å². The molecule has 0 bridgehead atoms. The van der Waals surface area contributed by atoms with Gasteiger partial charge in [0.05, 0.1) is 19.4 Å². The van der Waals surface area contributed by atoms with Crippen molar-refractivity contribution < 1.29 is 14.7 Å². The van der Waals surface area contributed by atoms with E-state index in [1.54, 1.807) is 7.11 Å². The van der Waals surface area contributed by atoms with Crippen LogP contribution in [0.3, 0.4) is 0 Å². The molecule has 1 atom stereocenters. The average Bonchev–Trinajstić information content (AvgIpc) is 2.78. The molecule has 0 aliphatic carbocycles. The zero-order chi connectivity index (χ0) is 10.7. The van der Waals surface area contributed by atoms with Crippen LogP contribution in [0, 0.1) is 0 Å². The van der Waals surface area contributed by atoms with Gasteiger partial charge in [0.15, 0.2) is 6.10 Å². The minimum absolute atomic E-state index is 0.00313. The molecule has 2 rings (SSSR count). The summed E-state index contributed by atoms with van der Waals surface area (Å²) in [5.74, 6) is 0.817. The van der Waals surface area contributed by atoms with Crippen molar-refractivity contribution >= 4 is 5.71 Å². The quantitative estimate of drug-likeness (QED) is 0.809. The van der Waals surface area contributed by atoms with E-state index in [0.29, 0.717) is 6.42 Å². The second kappa shape index (κ2) is 4.31. The van der Waals surface area contributed by atoms with Crippen LogP contribution in [0.1, 0.15) is 12.0 Å². The van der Waals surface area contributed by atoms with Crippen molar-refractivity contribution in [3.8, 4) is 5.75 Å². The molecular formula is C11H13NO3. The zero-order valence-corrected chi connectivity index (χ0v) is 8.51. The number of oxime groups is 1. The van der Waals surface area contributed by atoms with Crippen LogP contribution in [0.2, 0.25) is 0 Å². The fourth-order valence-electron chi connectivity index (χ4n) is 1.48. The van der Waals surface area contributed by atoms with Crippen LogP contribution in [0.15, 0.2) is 29.4 Å². The number of nitrogens with zero attached hydrogens (tertiary/aromatic N) is 1. The van der Waals surface area contributed by atoms with Crippen molar-refractivity contribution in [2.24, 2.45) is 5.16 Å². The molecular weight excluding hydrogens is 194 g/mol. The van der Waals surface area contributed by atoms with E-state index in [1.807, 2.05) is 24.3 Å². The molecule has 1 aromatic rings. The topological polar surface area (TPSA) is 51.0 Å². The van der Waals surface area contributed by atoms with Gasteiger partial charge >= 0.3 is 0 Å². The Morgan fingerprint density at radius 1 is 1.47 bits per heavy atom. The van der Waals surface area contributed by atoms with Crippen LogP contribution in [0.25, 0.3) is 0 Å². The number of aliphatic hydroxyl groups is 1. The van der Waals surface area contributed by atoms with E-state index in [2.05, 4.69) is 5.16 Å². The number of aliphatic hydroxyl groups excluding tert-OH is 1. The zero-order valence-electron chi connectivity index (χ0n) is 8.51. The third-order valence-corrected chi connectivity index (χ3v) is 2.36. The van der Waals surface area contributed by atoms with E-state index in [-0.39, 0.29) is 12.7 Å². The summed E-state index contributed by atoms with van der Waals surface area (Å²) in [5.41, 5.74) is 1.88. The summed E-state index contributed by atoms with van der Waals surface area (Å²) in [6, 6.07) is 7.62. The predicted octanol–water partition coefficient (Wildman–Crippen LogP) is 1.18. The standard InChI is InChI=1S/C11H13NO3/c1-14-9-4-2-8(3-5-9)11-6-10(7-13)15-12-11/h2-5,10,13H,6-7H2,1H3/t10-/m0/s1. The van der Waals surface area contributed by atoms with Crippen LogP contribution >= 0.6 is 0 Å². The number of hydrogen-bond donors (Lipinski definition) is 1. The lowest BCUT2D eigenvalue weighted by molar-refractivity contribution is 0.0390. The van der Waals surface area contributed by atoms with Gasteiger partial charge in [-0.2, -0.15) is 0 Å². The minimum Gasteiger partial charge on any atom is -0.497 e. The normalized spacial score (nSPS) is 19.6. The number of methoxy groups -OCH3 is 1. The molecule has 1 aliphatic heterocycles. The number of benzene rings is 1. The van der Waals surface area contributed by atoms with Crippen LogP contribution < -0.4 is 4.74 Å². The lowest BCUT2D eigenvalue weighted by atomic mass is 10.1. The first kappa shape index (κ1) is 9.98. The average molecular weight is 207 g/mol. The summed E-state index contributed by atoms with van der Waals surface area (Å²) in [6.45, 7) is 0.00313. The number of hydrogen-bond acceptors (Lipinski definition) is 4. The molecule has 0 spiro atoms. The van der Waals surface area contributed by atoms with E-state index in [1.165, 1.54) is 0 Å². The monoisotopic (exact) mass is 207 g/mol. The molecule has 1 aliphatic rings. The van der Waals surface area contributed by atoms with Crippen molar-refractivity contribution in [3.63, 3.8) is 0 Å². The summed E-state index contributed by atoms with van der Waals surface area (Å²) in [6.07, 6.45) is 0.463. The van der Waals surface area contributed by atoms with Crippen molar-refractivity contribution in [2.45, 2.75) is 12.5 Å².